The van der Waals surface area contributed by atoms with E-state index in [-0.39, 0.29) is 23.0 Å². The summed E-state index contributed by atoms with van der Waals surface area (Å²) in [7, 11) is 0. The molecule has 126 valence electrons. The molecule has 0 radical (unpaired) electrons. The Labute approximate surface area is 140 Å². The molecule has 6 nitrogen and oxygen atoms in total. The maximum Gasteiger partial charge on any atom is 0.255 e. The summed E-state index contributed by atoms with van der Waals surface area (Å²) in [5.41, 5.74) is 0.775. The molecule has 0 fully saturated rings. The smallest absolute Gasteiger partial charge is 0.255 e. The fourth-order valence-electron chi connectivity index (χ4n) is 2.07. The lowest BCUT2D eigenvalue weighted by Crippen LogP contribution is -2.26. The van der Waals surface area contributed by atoms with Gasteiger partial charge in [0.2, 0.25) is 0 Å². The zero-order chi connectivity index (χ0) is 17.4. The summed E-state index contributed by atoms with van der Waals surface area (Å²) in [4.78, 5) is 16.1. The monoisotopic (exact) mass is 328 g/mol. The van der Waals surface area contributed by atoms with Crippen molar-refractivity contribution >= 4 is 12.1 Å². The number of rotatable bonds is 7. The topological polar surface area (TPSA) is 91.2 Å². The molecule has 1 amide bonds. The number of aliphatic imine (C=N–C) groups is 1. The molecule has 0 spiro atoms. The highest BCUT2D eigenvalue weighted by atomic mass is 16.5. The lowest BCUT2D eigenvalue weighted by atomic mass is 10.2. The van der Waals surface area contributed by atoms with Crippen LogP contribution in [0, 0.1) is 0 Å². The van der Waals surface area contributed by atoms with Gasteiger partial charge in [0.1, 0.15) is 5.75 Å². The Morgan fingerprint density at radius 2 is 2.00 bits per heavy atom. The van der Waals surface area contributed by atoms with Gasteiger partial charge >= 0.3 is 0 Å². The second-order valence-electron chi connectivity index (χ2n) is 4.94. The van der Waals surface area contributed by atoms with Gasteiger partial charge in [0.15, 0.2) is 11.5 Å². The minimum absolute atomic E-state index is 0.0429. The molecule has 2 aromatic carbocycles. The third-order valence-electron chi connectivity index (χ3n) is 3.24. The normalized spacial score (nSPS) is 10.7. The highest BCUT2D eigenvalue weighted by Crippen LogP contribution is 2.28. The average Bonchev–Trinajstić information content (AvgIpc) is 2.58. The number of ether oxygens (including phenoxy) is 1. The van der Waals surface area contributed by atoms with Crippen molar-refractivity contribution < 1.29 is 19.7 Å². The number of amides is 1. The van der Waals surface area contributed by atoms with Crippen LogP contribution in [0.2, 0.25) is 0 Å². The molecule has 0 atom stereocenters. The number of nitrogens with one attached hydrogen (secondary N) is 1. The zero-order valence-electron chi connectivity index (χ0n) is 13.4. The lowest BCUT2D eigenvalue weighted by Gasteiger charge is -2.07. The summed E-state index contributed by atoms with van der Waals surface area (Å²) in [6, 6.07) is 11.5. The van der Waals surface area contributed by atoms with E-state index in [0.717, 1.165) is 0 Å². The maximum atomic E-state index is 11.9. The minimum Gasteiger partial charge on any atom is -0.507 e. The molecule has 0 aromatic heterocycles. The Balaban J connectivity index is 1.86. The van der Waals surface area contributed by atoms with Gasteiger partial charge < -0.3 is 20.3 Å². The molecule has 0 heterocycles. The number of benzene rings is 2. The SMILES string of the molecule is CCOc1cccc(C=NCCNC(=O)c2ccccc2O)c1O. The molecule has 3 N–H and O–H groups in total. The van der Waals surface area contributed by atoms with E-state index in [1.165, 1.54) is 12.3 Å². The Morgan fingerprint density at radius 3 is 2.75 bits per heavy atom. The molecule has 0 saturated heterocycles. The Morgan fingerprint density at radius 1 is 1.21 bits per heavy atom. The van der Waals surface area contributed by atoms with Gasteiger partial charge in [-0.05, 0) is 31.2 Å². The number of carbonyl (C=O) groups is 1. The van der Waals surface area contributed by atoms with Crippen molar-refractivity contribution in [3.63, 3.8) is 0 Å². The van der Waals surface area contributed by atoms with Crippen molar-refractivity contribution in [3.05, 3.63) is 53.6 Å². The van der Waals surface area contributed by atoms with Crippen LogP contribution in [0.3, 0.4) is 0 Å². The summed E-state index contributed by atoms with van der Waals surface area (Å²) in [5.74, 6) is 0.0382. The van der Waals surface area contributed by atoms with Crippen LogP contribution < -0.4 is 10.1 Å². The predicted octanol–water partition coefficient (Wildman–Crippen LogP) is 2.35. The van der Waals surface area contributed by atoms with Gasteiger partial charge in [0.25, 0.3) is 5.91 Å². The van der Waals surface area contributed by atoms with Gasteiger partial charge in [-0.1, -0.05) is 18.2 Å². The van der Waals surface area contributed by atoms with Crippen molar-refractivity contribution in [2.75, 3.05) is 19.7 Å². The van der Waals surface area contributed by atoms with Gasteiger partial charge in [-0.25, -0.2) is 0 Å². The van der Waals surface area contributed by atoms with Crippen LogP contribution in [0.5, 0.6) is 17.2 Å². The van der Waals surface area contributed by atoms with Gasteiger partial charge in [-0.15, -0.1) is 0 Å². The molecule has 2 rings (SSSR count). The van der Waals surface area contributed by atoms with Gasteiger partial charge in [0, 0.05) is 18.3 Å². The fourth-order valence-corrected chi connectivity index (χ4v) is 2.07. The van der Waals surface area contributed by atoms with Crippen LogP contribution in [0.4, 0.5) is 0 Å². The third kappa shape index (κ3) is 4.49. The van der Waals surface area contributed by atoms with E-state index in [4.69, 9.17) is 4.74 Å². The van der Waals surface area contributed by atoms with E-state index >= 15 is 0 Å². The minimum atomic E-state index is -0.357. The molecule has 2 aromatic rings. The third-order valence-corrected chi connectivity index (χ3v) is 3.24. The van der Waals surface area contributed by atoms with Crippen LogP contribution in [0.1, 0.15) is 22.8 Å². The van der Waals surface area contributed by atoms with E-state index in [9.17, 15) is 15.0 Å². The first-order chi connectivity index (χ1) is 11.6. The summed E-state index contributed by atoms with van der Waals surface area (Å²) in [5, 5.41) is 22.3. The summed E-state index contributed by atoms with van der Waals surface area (Å²) in [6.07, 6.45) is 1.53. The Hall–Kier alpha value is -3.02. The van der Waals surface area contributed by atoms with E-state index in [1.54, 1.807) is 36.4 Å². The molecule has 24 heavy (non-hydrogen) atoms. The molecule has 0 unspecified atom stereocenters. The van der Waals surface area contributed by atoms with Gasteiger partial charge in [-0.2, -0.15) is 0 Å². The van der Waals surface area contributed by atoms with Crippen LogP contribution in [0.25, 0.3) is 0 Å². The molecule has 0 saturated carbocycles. The van der Waals surface area contributed by atoms with E-state index in [2.05, 4.69) is 10.3 Å². The first-order valence-electron chi connectivity index (χ1n) is 7.64. The fraction of sp³-hybridized carbons (Fsp3) is 0.222. The average molecular weight is 328 g/mol. The van der Waals surface area contributed by atoms with Crippen LogP contribution in [-0.4, -0.2) is 42.0 Å². The second-order valence-corrected chi connectivity index (χ2v) is 4.94. The second kappa shape index (κ2) is 8.57. The molecule has 0 aliphatic heterocycles. The van der Waals surface area contributed by atoms with Crippen LogP contribution in [0.15, 0.2) is 47.5 Å². The number of aromatic hydroxyl groups is 2. The highest BCUT2D eigenvalue weighted by Gasteiger charge is 2.09. The maximum absolute atomic E-state index is 11.9. The number of hydrogen-bond acceptors (Lipinski definition) is 5. The first kappa shape index (κ1) is 17.3. The molecule has 0 aliphatic rings. The first-order valence-corrected chi connectivity index (χ1v) is 7.64. The standard InChI is InChI=1S/C18H20N2O4/c1-2-24-16-9-5-6-13(17(16)22)12-19-10-11-20-18(23)14-7-3-4-8-15(14)21/h3-9,12,21-22H,2,10-11H2,1H3,(H,20,23). The zero-order valence-corrected chi connectivity index (χ0v) is 13.4. The highest BCUT2D eigenvalue weighted by molar-refractivity contribution is 5.96. The number of carbonyl (C=O) groups excluding carboxylic acids is 1. The largest absolute Gasteiger partial charge is 0.507 e. The van der Waals surface area contributed by atoms with E-state index in [0.29, 0.717) is 31.0 Å². The number of nitrogens with zero attached hydrogens (tertiary/aromatic N) is 1. The molecular formula is C18H20N2O4. The Kier molecular flexibility index (Phi) is 6.19. The van der Waals surface area contributed by atoms with Gasteiger partial charge in [-0.3, -0.25) is 9.79 Å². The van der Waals surface area contributed by atoms with Crippen molar-refractivity contribution in [1.82, 2.24) is 5.32 Å². The molecule has 6 heteroatoms. The van der Waals surface area contributed by atoms with Crippen LogP contribution >= 0.6 is 0 Å². The van der Waals surface area contributed by atoms with E-state index in [1.807, 2.05) is 6.92 Å². The molecule has 0 bridgehead atoms. The van der Waals surface area contributed by atoms with E-state index < -0.39 is 0 Å². The lowest BCUT2D eigenvalue weighted by molar-refractivity contribution is 0.0952. The summed E-state index contributed by atoms with van der Waals surface area (Å²) in [6.45, 7) is 2.97. The number of phenolic OH excluding ortho intramolecular Hbond substituents is 2. The van der Waals surface area contributed by atoms with Crippen molar-refractivity contribution in [2.24, 2.45) is 4.99 Å². The Bertz CT molecular complexity index is 729. The summed E-state index contributed by atoms with van der Waals surface area (Å²) >= 11 is 0. The van der Waals surface area contributed by atoms with Crippen LogP contribution in [-0.2, 0) is 0 Å². The number of phenols is 2. The predicted molar refractivity (Wildman–Crippen MR) is 92.2 cm³/mol. The number of para-hydroxylation sites is 2. The number of hydrogen-bond donors (Lipinski definition) is 3. The molecular weight excluding hydrogens is 308 g/mol. The quantitative estimate of drug-likeness (QED) is 0.537. The van der Waals surface area contributed by atoms with Gasteiger partial charge in [0.05, 0.1) is 18.7 Å². The molecule has 0 aliphatic carbocycles. The summed E-state index contributed by atoms with van der Waals surface area (Å²) < 4.78 is 5.30. The van der Waals surface area contributed by atoms with Crippen molar-refractivity contribution in [2.45, 2.75) is 6.92 Å². The van der Waals surface area contributed by atoms with Crippen molar-refractivity contribution in [3.8, 4) is 17.2 Å². The van der Waals surface area contributed by atoms with Crippen molar-refractivity contribution in [1.29, 1.82) is 0 Å².